The van der Waals surface area contributed by atoms with E-state index in [0.717, 1.165) is 19.1 Å². The van der Waals surface area contributed by atoms with Crippen LogP contribution in [-0.2, 0) is 6.42 Å². The number of hydrogen-bond donors (Lipinski definition) is 0. The van der Waals surface area contributed by atoms with Crippen LogP contribution in [0.15, 0.2) is 24.3 Å². The lowest BCUT2D eigenvalue weighted by molar-refractivity contribution is 0.305. The molecule has 2 aromatic rings. The van der Waals surface area contributed by atoms with Crippen LogP contribution < -0.4 is 4.74 Å². The van der Waals surface area contributed by atoms with E-state index < -0.39 is 34.4 Å². The molecule has 2 rings (SSSR count). The zero-order valence-electron chi connectivity index (χ0n) is 15.3. The molecule has 0 spiro atoms. The van der Waals surface area contributed by atoms with Crippen LogP contribution in [0.3, 0.4) is 0 Å². The van der Waals surface area contributed by atoms with Gasteiger partial charge in [-0.3, -0.25) is 0 Å². The van der Waals surface area contributed by atoms with Gasteiger partial charge in [-0.05, 0) is 56.2 Å². The maximum Gasteiger partial charge on any atom is 0.165 e. The van der Waals surface area contributed by atoms with E-state index in [4.69, 9.17) is 4.74 Å². The normalized spacial score (nSPS) is 12.3. The van der Waals surface area contributed by atoms with Gasteiger partial charge in [0.15, 0.2) is 23.3 Å². The van der Waals surface area contributed by atoms with Crippen molar-refractivity contribution in [3.63, 3.8) is 0 Å². The fraction of sp³-hybridized carbons (Fsp3) is 0.429. The highest BCUT2D eigenvalue weighted by Crippen LogP contribution is 2.25. The van der Waals surface area contributed by atoms with Crippen molar-refractivity contribution in [2.75, 3.05) is 6.61 Å². The zero-order chi connectivity index (χ0) is 19.3. The average Bonchev–Trinajstić information content (AvgIpc) is 2.66. The minimum absolute atomic E-state index is 0.0813. The summed E-state index contributed by atoms with van der Waals surface area (Å²) < 4.78 is 60.3. The topological polar surface area (TPSA) is 9.23 Å². The van der Waals surface area contributed by atoms with Crippen LogP contribution in [0.5, 0.6) is 5.75 Å². The summed E-state index contributed by atoms with van der Waals surface area (Å²) in [4.78, 5) is 0. The fourth-order valence-corrected chi connectivity index (χ4v) is 2.73. The van der Waals surface area contributed by atoms with Crippen molar-refractivity contribution in [2.24, 2.45) is 0 Å². The SMILES string of the molecule is CCC(C)c1ccc(OCCCCc2c(F)c(F)c(C)c(F)c2F)cc1. The Bertz CT molecular complexity index is 712. The van der Waals surface area contributed by atoms with Crippen molar-refractivity contribution in [2.45, 2.75) is 52.4 Å². The summed E-state index contributed by atoms with van der Waals surface area (Å²) in [5, 5.41) is 0. The number of unbranched alkanes of at least 4 members (excludes halogenated alkanes) is 1. The second-order valence-corrected chi connectivity index (χ2v) is 6.54. The first-order chi connectivity index (χ1) is 12.4. The van der Waals surface area contributed by atoms with Gasteiger partial charge >= 0.3 is 0 Å². The van der Waals surface area contributed by atoms with Crippen LogP contribution in [0.2, 0.25) is 0 Å². The number of rotatable bonds is 8. The van der Waals surface area contributed by atoms with Crippen LogP contribution in [0.4, 0.5) is 17.6 Å². The molecule has 0 N–H and O–H groups in total. The Morgan fingerprint density at radius 3 is 2.00 bits per heavy atom. The van der Waals surface area contributed by atoms with E-state index in [1.54, 1.807) is 0 Å². The van der Waals surface area contributed by atoms with Crippen molar-refractivity contribution < 1.29 is 22.3 Å². The summed E-state index contributed by atoms with van der Waals surface area (Å²) >= 11 is 0. The fourth-order valence-electron chi connectivity index (χ4n) is 2.73. The highest BCUT2D eigenvalue weighted by Gasteiger charge is 2.22. The molecule has 0 radical (unpaired) electrons. The third kappa shape index (κ3) is 4.57. The lowest BCUT2D eigenvalue weighted by Gasteiger charge is -2.11. The predicted molar refractivity (Wildman–Crippen MR) is 94.6 cm³/mol. The standard InChI is InChI=1S/C21H24F4O/c1-4-13(2)15-8-10-16(11-9-15)26-12-6-5-7-17-20(24)18(22)14(3)19(23)21(17)25/h8-11,13H,4-7,12H2,1-3H3. The predicted octanol–water partition coefficient (Wildman–Crippen LogP) is 6.47. The molecule has 5 heteroatoms. The average molecular weight is 368 g/mol. The molecule has 0 bridgehead atoms. The van der Waals surface area contributed by atoms with Gasteiger partial charge in [0.2, 0.25) is 0 Å². The third-order valence-corrected chi connectivity index (χ3v) is 4.73. The molecule has 142 valence electrons. The number of halogens is 4. The Kier molecular flexibility index (Phi) is 7.06. The van der Waals surface area contributed by atoms with Gasteiger partial charge in [-0.25, -0.2) is 17.6 Å². The minimum atomic E-state index is -1.32. The molecule has 0 amide bonds. The van der Waals surface area contributed by atoms with Crippen molar-refractivity contribution in [3.05, 3.63) is 64.2 Å². The number of hydrogen-bond acceptors (Lipinski definition) is 1. The lowest BCUT2D eigenvalue weighted by atomic mass is 9.99. The van der Waals surface area contributed by atoms with Gasteiger partial charge in [0, 0.05) is 11.1 Å². The van der Waals surface area contributed by atoms with E-state index >= 15 is 0 Å². The van der Waals surface area contributed by atoms with Crippen LogP contribution in [0.1, 0.15) is 55.7 Å². The summed E-state index contributed by atoms with van der Waals surface area (Å²) in [5.41, 5.74) is 0.0747. The Morgan fingerprint density at radius 1 is 0.885 bits per heavy atom. The van der Waals surface area contributed by atoms with E-state index in [0.29, 0.717) is 25.4 Å². The molecule has 0 saturated heterocycles. The van der Waals surface area contributed by atoms with Gasteiger partial charge in [-0.1, -0.05) is 26.0 Å². The first-order valence-electron chi connectivity index (χ1n) is 8.91. The van der Waals surface area contributed by atoms with Crippen molar-refractivity contribution in [3.8, 4) is 5.75 Å². The smallest absolute Gasteiger partial charge is 0.165 e. The third-order valence-electron chi connectivity index (χ3n) is 4.73. The summed E-state index contributed by atoms with van der Waals surface area (Å²) in [6.45, 7) is 5.67. The maximum atomic E-state index is 13.8. The van der Waals surface area contributed by atoms with Crippen LogP contribution in [0.25, 0.3) is 0 Å². The highest BCUT2D eigenvalue weighted by atomic mass is 19.2. The Labute approximate surface area is 152 Å². The quantitative estimate of drug-likeness (QED) is 0.295. The summed E-state index contributed by atoms with van der Waals surface area (Å²) in [5.74, 6) is -4.04. The summed E-state index contributed by atoms with van der Waals surface area (Å²) in [6, 6.07) is 7.83. The van der Waals surface area contributed by atoms with Crippen LogP contribution in [0, 0.1) is 30.2 Å². The second-order valence-electron chi connectivity index (χ2n) is 6.54. The van der Waals surface area contributed by atoms with Gasteiger partial charge < -0.3 is 4.74 Å². The number of benzene rings is 2. The monoisotopic (exact) mass is 368 g/mol. The molecular formula is C21H24F4O. The maximum absolute atomic E-state index is 13.8. The molecule has 2 aromatic carbocycles. The number of ether oxygens (including phenoxy) is 1. The summed E-state index contributed by atoms with van der Waals surface area (Å²) in [7, 11) is 0. The molecule has 0 heterocycles. The molecule has 1 nitrogen and oxygen atoms in total. The first-order valence-corrected chi connectivity index (χ1v) is 8.91. The Hall–Kier alpha value is -2.04. The van der Waals surface area contributed by atoms with E-state index in [1.807, 2.05) is 24.3 Å². The van der Waals surface area contributed by atoms with Crippen molar-refractivity contribution >= 4 is 0 Å². The van der Waals surface area contributed by atoms with Crippen molar-refractivity contribution in [1.29, 1.82) is 0 Å². The van der Waals surface area contributed by atoms with E-state index in [2.05, 4.69) is 13.8 Å². The largest absolute Gasteiger partial charge is 0.494 e. The zero-order valence-corrected chi connectivity index (χ0v) is 15.3. The summed E-state index contributed by atoms with van der Waals surface area (Å²) in [6.07, 6.45) is 1.86. The molecule has 0 saturated carbocycles. The van der Waals surface area contributed by atoms with Crippen LogP contribution >= 0.6 is 0 Å². The van der Waals surface area contributed by atoms with Gasteiger partial charge in [0.05, 0.1) is 6.61 Å². The highest BCUT2D eigenvalue weighted by molar-refractivity contribution is 5.30. The Morgan fingerprint density at radius 2 is 1.46 bits per heavy atom. The molecule has 0 aromatic heterocycles. The molecular weight excluding hydrogens is 344 g/mol. The molecule has 26 heavy (non-hydrogen) atoms. The van der Waals surface area contributed by atoms with E-state index in [9.17, 15) is 17.6 Å². The lowest BCUT2D eigenvalue weighted by Crippen LogP contribution is -2.07. The molecule has 1 unspecified atom stereocenters. The molecule has 0 aliphatic carbocycles. The van der Waals surface area contributed by atoms with Gasteiger partial charge in [0.1, 0.15) is 5.75 Å². The molecule has 0 aliphatic heterocycles. The Balaban J connectivity index is 1.85. The van der Waals surface area contributed by atoms with E-state index in [1.165, 1.54) is 5.56 Å². The first kappa shape index (κ1) is 20.3. The van der Waals surface area contributed by atoms with E-state index in [-0.39, 0.29) is 6.42 Å². The molecule has 0 aliphatic rings. The van der Waals surface area contributed by atoms with Gasteiger partial charge in [-0.2, -0.15) is 0 Å². The molecule has 1 atom stereocenters. The van der Waals surface area contributed by atoms with Crippen molar-refractivity contribution in [1.82, 2.24) is 0 Å². The second kappa shape index (κ2) is 9.06. The minimum Gasteiger partial charge on any atom is -0.494 e. The van der Waals surface area contributed by atoms with Crippen LogP contribution in [-0.4, -0.2) is 6.61 Å². The van der Waals surface area contributed by atoms with Gasteiger partial charge in [0.25, 0.3) is 0 Å². The van der Waals surface area contributed by atoms with Gasteiger partial charge in [-0.15, -0.1) is 0 Å². The molecule has 0 fully saturated rings.